The molecule has 0 amide bonds. The van der Waals surface area contributed by atoms with Crippen LogP contribution in [0.1, 0.15) is 13.3 Å². The summed E-state index contributed by atoms with van der Waals surface area (Å²) < 4.78 is 0. The van der Waals surface area contributed by atoms with Crippen LogP contribution in [0.25, 0.3) is 0 Å². The minimum Gasteiger partial charge on any atom is -0.152 e. The number of thiophene rings is 1. The van der Waals surface area contributed by atoms with Crippen LogP contribution in [0.4, 0.5) is 0 Å². The van der Waals surface area contributed by atoms with E-state index >= 15 is 0 Å². The molecule has 60 valence electrons. The van der Waals surface area contributed by atoms with Crippen molar-refractivity contribution in [3.05, 3.63) is 47.7 Å². The third-order valence-electron chi connectivity index (χ3n) is 0.933. The van der Waals surface area contributed by atoms with Crippen LogP contribution in [-0.4, -0.2) is 0 Å². The van der Waals surface area contributed by atoms with Crippen molar-refractivity contribution in [1.29, 1.82) is 0 Å². The molecular weight excluding hydrogens is 152 g/mol. The Hall–Kier alpha value is -0.820. The van der Waals surface area contributed by atoms with Crippen LogP contribution < -0.4 is 0 Å². The van der Waals surface area contributed by atoms with Crippen molar-refractivity contribution in [2.45, 2.75) is 13.3 Å². The lowest BCUT2D eigenvalue weighted by atomic mass is 10.4. The second kappa shape index (κ2) is 9.18. The van der Waals surface area contributed by atoms with E-state index in [2.05, 4.69) is 19.6 Å². The summed E-state index contributed by atoms with van der Waals surface area (Å²) in [5.41, 5.74) is 0. The molecule has 0 nitrogen and oxygen atoms in total. The SMILES string of the molecule is C=CC=CCC.c1ccsc1. The first-order chi connectivity index (χ1) is 5.41. The molecule has 0 aliphatic rings. The van der Waals surface area contributed by atoms with Gasteiger partial charge in [-0.25, -0.2) is 0 Å². The fraction of sp³-hybridized carbons (Fsp3) is 0.200. The maximum Gasteiger partial charge on any atom is -0.00934 e. The second-order valence-corrected chi connectivity index (χ2v) is 2.68. The third-order valence-corrected chi connectivity index (χ3v) is 1.56. The predicted molar refractivity (Wildman–Crippen MR) is 53.9 cm³/mol. The van der Waals surface area contributed by atoms with E-state index in [1.807, 2.05) is 29.0 Å². The zero-order chi connectivity index (χ0) is 8.36. The summed E-state index contributed by atoms with van der Waals surface area (Å²) in [6, 6.07) is 4.04. The Labute approximate surface area is 72.9 Å². The van der Waals surface area contributed by atoms with Crippen molar-refractivity contribution in [1.82, 2.24) is 0 Å². The summed E-state index contributed by atoms with van der Waals surface area (Å²) in [5, 5.41) is 4.08. The third kappa shape index (κ3) is 9.18. The molecule has 1 aromatic rings. The van der Waals surface area contributed by atoms with Gasteiger partial charge in [0.1, 0.15) is 0 Å². The molecule has 1 heterocycles. The summed E-state index contributed by atoms with van der Waals surface area (Å²) in [7, 11) is 0. The van der Waals surface area contributed by atoms with Crippen molar-refractivity contribution >= 4 is 11.3 Å². The average molecular weight is 166 g/mol. The van der Waals surface area contributed by atoms with Gasteiger partial charge in [-0.3, -0.25) is 0 Å². The van der Waals surface area contributed by atoms with Gasteiger partial charge < -0.3 is 0 Å². The van der Waals surface area contributed by atoms with Crippen LogP contribution in [0, 0.1) is 0 Å². The fourth-order valence-electron chi connectivity index (χ4n) is 0.459. The highest BCUT2D eigenvalue weighted by atomic mass is 32.1. The van der Waals surface area contributed by atoms with Crippen molar-refractivity contribution < 1.29 is 0 Å². The van der Waals surface area contributed by atoms with E-state index in [4.69, 9.17) is 0 Å². The van der Waals surface area contributed by atoms with Crippen LogP contribution in [-0.2, 0) is 0 Å². The molecular formula is C10H14S. The lowest BCUT2D eigenvalue weighted by Gasteiger charge is -1.67. The highest BCUT2D eigenvalue weighted by Gasteiger charge is 1.58. The van der Waals surface area contributed by atoms with Crippen molar-refractivity contribution in [2.24, 2.45) is 0 Å². The summed E-state index contributed by atoms with van der Waals surface area (Å²) in [5.74, 6) is 0. The molecule has 0 N–H and O–H groups in total. The Kier molecular flexibility index (Phi) is 8.50. The van der Waals surface area contributed by atoms with E-state index in [0.29, 0.717) is 0 Å². The van der Waals surface area contributed by atoms with E-state index < -0.39 is 0 Å². The van der Waals surface area contributed by atoms with Crippen LogP contribution in [0.15, 0.2) is 47.7 Å². The topological polar surface area (TPSA) is 0 Å². The van der Waals surface area contributed by atoms with E-state index in [0.717, 1.165) is 6.42 Å². The van der Waals surface area contributed by atoms with Gasteiger partial charge in [0.15, 0.2) is 0 Å². The van der Waals surface area contributed by atoms with Crippen LogP contribution in [0.2, 0.25) is 0 Å². The van der Waals surface area contributed by atoms with Crippen molar-refractivity contribution in [2.75, 3.05) is 0 Å². The number of rotatable bonds is 2. The highest BCUT2D eigenvalue weighted by molar-refractivity contribution is 7.07. The number of hydrogen-bond donors (Lipinski definition) is 0. The highest BCUT2D eigenvalue weighted by Crippen LogP contribution is 1.91. The van der Waals surface area contributed by atoms with Crippen LogP contribution in [0.3, 0.4) is 0 Å². The maximum absolute atomic E-state index is 3.51. The standard InChI is InChI=1S/C6H10.C4H4S/c1-3-5-6-4-2;1-2-4-5-3-1/h3,5-6H,1,4H2,2H3;1-4H. The fourth-order valence-corrected chi connectivity index (χ4v) is 0.913. The maximum atomic E-state index is 3.51. The predicted octanol–water partition coefficient (Wildman–Crippen LogP) is 3.89. The molecule has 1 aromatic heterocycles. The summed E-state index contributed by atoms with van der Waals surface area (Å²) in [6.45, 7) is 5.61. The van der Waals surface area contributed by atoms with Crippen molar-refractivity contribution in [3.8, 4) is 0 Å². The van der Waals surface area contributed by atoms with Gasteiger partial charge in [-0.2, -0.15) is 11.3 Å². The minimum atomic E-state index is 1.10. The van der Waals surface area contributed by atoms with E-state index in [-0.39, 0.29) is 0 Å². The molecule has 1 heteroatoms. The molecule has 0 aromatic carbocycles. The molecule has 0 aliphatic heterocycles. The van der Waals surface area contributed by atoms with Gasteiger partial charge in [-0.05, 0) is 17.2 Å². The van der Waals surface area contributed by atoms with Gasteiger partial charge in [0, 0.05) is 0 Å². The lowest BCUT2D eigenvalue weighted by molar-refractivity contribution is 1.22. The van der Waals surface area contributed by atoms with Gasteiger partial charge in [0.05, 0.1) is 0 Å². The van der Waals surface area contributed by atoms with Gasteiger partial charge in [-0.1, -0.05) is 43.9 Å². The molecule has 0 saturated carbocycles. The molecule has 11 heavy (non-hydrogen) atoms. The smallest absolute Gasteiger partial charge is 0.00934 e. The Morgan fingerprint density at radius 1 is 1.36 bits per heavy atom. The Morgan fingerprint density at radius 3 is 2.18 bits per heavy atom. The molecule has 0 radical (unpaired) electrons. The Balaban J connectivity index is 0.000000183. The van der Waals surface area contributed by atoms with Gasteiger partial charge in [0.25, 0.3) is 0 Å². The van der Waals surface area contributed by atoms with Crippen LogP contribution in [0.5, 0.6) is 0 Å². The van der Waals surface area contributed by atoms with Gasteiger partial charge >= 0.3 is 0 Å². The quantitative estimate of drug-likeness (QED) is 0.585. The second-order valence-electron chi connectivity index (χ2n) is 1.87. The van der Waals surface area contributed by atoms with Gasteiger partial charge in [0.2, 0.25) is 0 Å². The molecule has 0 saturated heterocycles. The monoisotopic (exact) mass is 166 g/mol. The Morgan fingerprint density at radius 2 is 2.00 bits per heavy atom. The lowest BCUT2D eigenvalue weighted by Crippen LogP contribution is -1.46. The molecule has 0 unspecified atom stereocenters. The van der Waals surface area contributed by atoms with E-state index in [9.17, 15) is 0 Å². The normalized spacial score (nSPS) is 8.82. The van der Waals surface area contributed by atoms with Crippen LogP contribution >= 0.6 is 11.3 Å². The Bertz CT molecular complexity index is 156. The molecule has 0 bridgehead atoms. The van der Waals surface area contributed by atoms with E-state index in [1.165, 1.54) is 0 Å². The first-order valence-electron chi connectivity index (χ1n) is 3.66. The van der Waals surface area contributed by atoms with Crippen molar-refractivity contribution in [3.63, 3.8) is 0 Å². The summed E-state index contributed by atoms with van der Waals surface area (Å²) in [4.78, 5) is 0. The molecule has 0 spiro atoms. The van der Waals surface area contributed by atoms with E-state index in [1.54, 1.807) is 17.4 Å². The minimum absolute atomic E-state index is 1.10. The zero-order valence-electron chi connectivity index (χ0n) is 6.86. The molecule has 0 fully saturated rings. The first-order valence-corrected chi connectivity index (χ1v) is 4.60. The largest absolute Gasteiger partial charge is 0.152 e. The summed E-state index contributed by atoms with van der Waals surface area (Å²) in [6.07, 6.45) is 6.89. The molecule has 1 rings (SSSR count). The number of hydrogen-bond acceptors (Lipinski definition) is 1. The molecule has 0 atom stereocenters. The zero-order valence-corrected chi connectivity index (χ0v) is 7.68. The summed E-state index contributed by atoms with van der Waals surface area (Å²) >= 11 is 1.71. The average Bonchev–Trinajstić information content (AvgIpc) is 2.57. The molecule has 0 aliphatic carbocycles. The van der Waals surface area contributed by atoms with Gasteiger partial charge in [-0.15, -0.1) is 0 Å². The first kappa shape index (κ1) is 10.2. The number of allylic oxidation sites excluding steroid dienone is 3.